The van der Waals surface area contributed by atoms with Gasteiger partial charge in [0.1, 0.15) is 6.29 Å². The number of carbonyl (C=O) groups excluding carboxylic acids is 1. The summed E-state index contributed by atoms with van der Waals surface area (Å²) in [5.41, 5.74) is 3.60. The number of carbonyl (C=O) groups is 1. The van der Waals surface area contributed by atoms with Crippen LogP contribution in [0.2, 0.25) is 0 Å². The van der Waals surface area contributed by atoms with Crippen LogP contribution in [0.25, 0.3) is 0 Å². The van der Waals surface area contributed by atoms with Crippen molar-refractivity contribution in [1.82, 2.24) is 0 Å². The Morgan fingerprint density at radius 1 is 1.54 bits per heavy atom. The Morgan fingerprint density at radius 2 is 2.31 bits per heavy atom. The van der Waals surface area contributed by atoms with E-state index in [1.807, 2.05) is 7.05 Å². The number of aryl methyl sites for hydroxylation is 1. The van der Waals surface area contributed by atoms with Crippen molar-refractivity contribution in [3.05, 3.63) is 29.3 Å². The molecule has 0 aliphatic carbocycles. The van der Waals surface area contributed by atoms with E-state index >= 15 is 0 Å². The van der Waals surface area contributed by atoms with Gasteiger partial charge in [0.2, 0.25) is 0 Å². The Morgan fingerprint density at radius 3 is 3.00 bits per heavy atom. The molecule has 0 N–H and O–H groups in total. The summed E-state index contributed by atoms with van der Waals surface area (Å²) < 4.78 is 0. The molecule has 0 amide bonds. The van der Waals surface area contributed by atoms with E-state index in [4.69, 9.17) is 0 Å². The second-order valence-corrected chi connectivity index (χ2v) is 3.69. The van der Waals surface area contributed by atoms with Gasteiger partial charge in [0.25, 0.3) is 0 Å². The van der Waals surface area contributed by atoms with Crippen molar-refractivity contribution < 1.29 is 4.79 Å². The number of hydrogen-bond acceptors (Lipinski definition) is 2. The van der Waals surface area contributed by atoms with Gasteiger partial charge in [0, 0.05) is 19.3 Å². The highest BCUT2D eigenvalue weighted by Gasteiger charge is 2.25. The molecule has 0 aromatic heterocycles. The van der Waals surface area contributed by atoms with Gasteiger partial charge in [-0.15, -0.1) is 0 Å². The maximum Gasteiger partial charge on any atom is 0.129 e. The lowest BCUT2D eigenvalue weighted by Gasteiger charge is -2.11. The van der Waals surface area contributed by atoms with Crippen molar-refractivity contribution in [3.8, 4) is 0 Å². The molecule has 1 aliphatic heterocycles. The molecule has 13 heavy (non-hydrogen) atoms. The van der Waals surface area contributed by atoms with Crippen molar-refractivity contribution in [2.24, 2.45) is 0 Å². The van der Waals surface area contributed by atoms with Crippen molar-refractivity contribution in [1.29, 1.82) is 0 Å². The number of likely N-dealkylation sites (N-methyl/N-ethyl adjacent to an activating group) is 1. The van der Waals surface area contributed by atoms with Gasteiger partial charge in [0.15, 0.2) is 0 Å². The standard InChI is InChI=1S/C11H13NO/c1-8-3-4-11-10(5-8)9(7-13)6-12(11)2/h3-5,7,9H,6H2,1-2H3. The van der Waals surface area contributed by atoms with Crippen molar-refractivity contribution in [2.45, 2.75) is 12.8 Å². The minimum Gasteiger partial charge on any atom is -0.373 e. The number of nitrogens with zero attached hydrogens (tertiary/aromatic N) is 1. The molecule has 2 heteroatoms. The van der Waals surface area contributed by atoms with E-state index in [-0.39, 0.29) is 5.92 Å². The van der Waals surface area contributed by atoms with E-state index in [1.165, 1.54) is 16.8 Å². The average molecular weight is 175 g/mol. The van der Waals surface area contributed by atoms with Gasteiger partial charge in [0.05, 0.1) is 5.92 Å². The van der Waals surface area contributed by atoms with Gasteiger partial charge in [-0.05, 0) is 18.6 Å². The monoisotopic (exact) mass is 175 g/mol. The maximum absolute atomic E-state index is 10.8. The Kier molecular flexibility index (Phi) is 1.83. The van der Waals surface area contributed by atoms with Crippen LogP contribution in [0.3, 0.4) is 0 Å². The summed E-state index contributed by atoms with van der Waals surface area (Å²) in [6.07, 6.45) is 1.04. The molecule has 0 radical (unpaired) electrons. The first-order chi connectivity index (χ1) is 6.22. The van der Waals surface area contributed by atoms with Crippen LogP contribution in [-0.2, 0) is 4.79 Å². The zero-order chi connectivity index (χ0) is 9.42. The summed E-state index contributed by atoms with van der Waals surface area (Å²) in [6.45, 7) is 2.88. The minimum absolute atomic E-state index is 0.0694. The van der Waals surface area contributed by atoms with Crippen LogP contribution in [0.5, 0.6) is 0 Å². The molecular formula is C11H13NO. The van der Waals surface area contributed by atoms with Crippen molar-refractivity contribution in [3.63, 3.8) is 0 Å². The summed E-state index contributed by atoms with van der Waals surface area (Å²) in [5.74, 6) is 0.0694. The molecule has 1 aliphatic rings. The van der Waals surface area contributed by atoms with Crippen LogP contribution in [0.4, 0.5) is 5.69 Å². The molecule has 1 aromatic rings. The second kappa shape index (κ2) is 2.87. The van der Waals surface area contributed by atoms with E-state index in [0.29, 0.717) is 0 Å². The predicted molar refractivity (Wildman–Crippen MR) is 53.3 cm³/mol. The predicted octanol–water partition coefficient (Wildman–Crippen LogP) is 1.73. The van der Waals surface area contributed by atoms with Gasteiger partial charge < -0.3 is 9.69 Å². The number of hydrogen-bond donors (Lipinski definition) is 0. The van der Waals surface area contributed by atoms with E-state index in [2.05, 4.69) is 30.0 Å². The lowest BCUT2D eigenvalue weighted by atomic mass is 10.0. The highest BCUT2D eigenvalue weighted by Crippen LogP contribution is 2.34. The van der Waals surface area contributed by atoms with Crippen LogP contribution in [0.1, 0.15) is 17.0 Å². The number of fused-ring (bicyclic) bond motifs is 1. The lowest BCUT2D eigenvalue weighted by molar-refractivity contribution is -0.108. The molecule has 68 valence electrons. The largest absolute Gasteiger partial charge is 0.373 e. The molecule has 0 bridgehead atoms. The van der Waals surface area contributed by atoms with E-state index in [1.54, 1.807) is 0 Å². The number of anilines is 1. The third-order valence-corrected chi connectivity index (χ3v) is 2.63. The van der Waals surface area contributed by atoms with Crippen LogP contribution >= 0.6 is 0 Å². The minimum atomic E-state index is 0.0694. The highest BCUT2D eigenvalue weighted by atomic mass is 16.1. The topological polar surface area (TPSA) is 20.3 Å². The SMILES string of the molecule is Cc1ccc2c(c1)C(C=O)CN2C. The Labute approximate surface area is 78.2 Å². The van der Waals surface area contributed by atoms with E-state index in [0.717, 1.165) is 12.8 Å². The first-order valence-electron chi connectivity index (χ1n) is 4.49. The summed E-state index contributed by atoms with van der Waals surface area (Å²) >= 11 is 0. The van der Waals surface area contributed by atoms with Crippen LogP contribution in [0, 0.1) is 6.92 Å². The molecular weight excluding hydrogens is 162 g/mol. The normalized spacial score (nSPS) is 20.2. The quantitative estimate of drug-likeness (QED) is 0.606. The zero-order valence-corrected chi connectivity index (χ0v) is 7.95. The highest BCUT2D eigenvalue weighted by molar-refractivity contribution is 5.74. The van der Waals surface area contributed by atoms with Crippen molar-refractivity contribution in [2.75, 3.05) is 18.5 Å². The van der Waals surface area contributed by atoms with Crippen LogP contribution in [-0.4, -0.2) is 19.9 Å². The molecule has 0 fully saturated rings. The molecule has 1 aromatic carbocycles. The number of aldehydes is 1. The molecule has 0 spiro atoms. The molecule has 0 saturated heterocycles. The smallest absolute Gasteiger partial charge is 0.129 e. The molecule has 2 rings (SSSR count). The van der Waals surface area contributed by atoms with Crippen molar-refractivity contribution >= 4 is 12.0 Å². The number of benzene rings is 1. The summed E-state index contributed by atoms with van der Waals surface area (Å²) in [5, 5.41) is 0. The van der Waals surface area contributed by atoms with Gasteiger partial charge in [-0.1, -0.05) is 17.7 Å². The molecule has 0 saturated carbocycles. The lowest BCUT2D eigenvalue weighted by Crippen LogP contribution is -2.15. The maximum atomic E-state index is 10.8. The van der Waals surface area contributed by atoms with Gasteiger partial charge in [-0.2, -0.15) is 0 Å². The van der Waals surface area contributed by atoms with Gasteiger partial charge in [-0.25, -0.2) is 0 Å². The molecule has 1 atom stereocenters. The Balaban J connectivity index is 2.52. The third kappa shape index (κ3) is 1.22. The fraction of sp³-hybridized carbons (Fsp3) is 0.364. The first-order valence-corrected chi connectivity index (χ1v) is 4.49. The molecule has 1 heterocycles. The van der Waals surface area contributed by atoms with E-state index < -0.39 is 0 Å². The Hall–Kier alpha value is -1.31. The second-order valence-electron chi connectivity index (χ2n) is 3.69. The zero-order valence-electron chi connectivity index (χ0n) is 7.95. The molecule has 2 nitrogen and oxygen atoms in total. The summed E-state index contributed by atoms with van der Waals surface area (Å²) in [7, 11) is 2.03. The van der Waals surface area contributed by atoms with Gasteiger partial charge in [-0.3, -0.25) is 0 Å². The van der Waals surface area contributed by atoms with Crippen LogP contribution in [0.15, 0.2) is 18.2 Å². The first kappa shape index (κ1) is 8.30. The Bertz CT molecular complexity index is 346. The van der Waals surface area contributed by atoms with Gasteiger partial charge >= 0.3 is 0 Å². The summed E-state index contributed by atoms with van der Waals surface area (Å²) in [4.78, 5) is 12.9. The fourth-order valence-corrected chi connectivity index (χ4v) is 1.93. The third-order valence-electron chi connectivity index (χ3n) is 2.63. The summed E-state index contributed by atoms with van der Waals surface area (Å²) in [6, 6.07) is 6.29. The molecule has 1 unspecified atom stereocenters. The fourth-order valence-electron chi connectivity index (χ4n) is 1.93. The average Bonchev–Trinajstić information content (AvgIpc) is 2.42. The van der Waals surface area contributed by atoms with Crippen LogP contribution < -0.4 is 4.90 Å². The van der Waals surface area contributed by atoms with E-state index in [9.17, 15) is 4.79 Å². The number of rotatable bonds is 1.